The Morgan fingerprint density at radius 3 is 2.82 bits per heavy atom. The van der Waals surface area contributed by atoms with Crippen molar-refractivity contribution >= 4 is 5.78 Å². The van der Waals surface area contributed by atoms with Crippen LogP contribution in [0.15, 0.2) is 0 Å². The van der Waals surface area contributed by atoms with Crippen LogP contribution in [0.5, 0.6) is 0 Å². The summed E-state index contributed by atoms with van der Waals surface area (Å²) in [6.07, 6.45) is 4.47. The molecular formula is C10H16O. The molecule has 3 saturated carbocycles. The van der Waals surface area contributed by atoms with Gasteiger partial charge in [-0.15, -0.1) is 0 Å². The normalized spacial score (nSPS) is 41.1. The van der Waals surface area contributed by atoms with E-state index in [1.165, 1.54) is 12.8 Å². The Morgan fingerprint density at radius 1 is 1.45 bits per heavy atom. The SMILES string of the molecule is CC1(C)[C@H]2CCCC(=O)[C@@H]1C2. The number of rotatable bonds is 0. The van der Waals surface area contributed by atoms with E-state index in [-0.39, 0.29) is 0 Å². The second-order valence-electron chi connectivity index (χ2n) is 4.67. The number of ketones is 1. The van der Waals surface area contributed by atoms with Gasteiger partial charge in [0.1, 0.15) is 5.78 Å². The van der Waals surface area contributed by atoms with Gasteiger partial charge in [0.15, 0.2) is 0 Å². The van der Waals surface area contributed by atoms with Crippen molar-refractivity contribution in [1.29, 1.82) is 0 Å². The standard InChI is InChI=1S/C10H16O/c1-10(2)7-4-3-5-9(11)8(10)6-7/h7-8H,3-6H2,1-2H3/t7-,8-/m0/s1. The predicted molar refractivity (Wildman–Crippen MR) is 44.2 cm³/mol. The van der Waals surface area contributed by atoms with Crippen molar-refractivity contribution in [3.05, 3.63) is 0 Å². The van der Waals surface area contributed by atoms with E-state index in [9.17, 15) is 4.79 Å². The third kappa shape index (κ3) is 0.863. The van der Waals surface area contributed by atoms with Gasteiger partial charge in [-0.25, -0.2) is 0 Å². The second kappa shape index (κ2) is 2.09. The van der Waals surface area contributed by atoms with E-state index in [1.54, 1.807) is 0 Å². The molecule has 11 heavy (non-hydrogen) atoms. The molecule has 3 aliphatic carbocycles. The third-order valence-corrected chi connectivity index (χ3v) is 3.83. The first-order valence-electron chi connectivity index (χ1n) is 4.65. The van der Waals surface area contributed by atoms with Crippen molar-refractivity contribution in [2.45, 2.75) is 39.5 Å². The summed E-state index contributed by atoms with van der Waals surface area (Å²) in [6.45, 7) is 4.52. The Kier molecular flexibility index (Phi) is 1.39. The molecule has 0 amide bonds. The minimum absolute atomic E-state index is 0.341. The first-order chi connectivity index (χ1) is 5.12. The van der Waals surface area contributed by atoms with Gasteiger partial charge >= 0.3 is 0 Å². The fourth-order valence-electron chi connectivity index (χ4n) is 2.75. The molecule has 1 heteroatoms. The fourth-order valence-corrected chi connectivity index (χ4v) is 2.75. The molecule has 0 spiro atoms. The van der Waals surface area contributed by atoms with Gasteiger partial charge in [0, 0.05) is 12.3 Å². The molecule has 0 radical (unpaired) electrons. The van der Waals surface area contributed by atoms with E-state index in [4.69, 9.17) is 0 Å². The van der Waals surface area contributed by atoms with Gasteiger partial charge in [-0.3, -0.25) is 4.79 Å². The molecule has 0 aromatic carbocycles. The highest BCUT2D eigenvalue weighted by Crippen LogP contribution is 2.55. The van der Waals surface area contributed by atoms with Crippen LogP contribution in [0, 0.1) is 17.3 Å². The van der Waals surface area contributed by atoms with Gasteiger partial charge in [-0.05, 0) is 30.6 Å². The van der Waals surface area contributed by atoms with Gasteiger partial charge in [-0.1, -0.05) is 13.8 Å². The lowest BCUT2D eigenvalue weighted by Gasteiger charge is -2.50. The van der Waals surface area contributed by atoms with Gasteiger partial charge in [0.25, 0.3) is 0 Å². The summed E-state index contributed by atoms with van der Waals surface area (Å²) in [5.41, 5.74) is 0.341. The summed E-state index contributed by atoms with van der Waals surface area (Å²) < 4.78 is 0. The van der Waals surface area contributed by atoms with Crippen LogP contribution >= 0.6 is 0 Å². The molecule has 0 N–H and O–H groups in total. The number of hydrogen-bond acceptors (Lipinski definition) is 1. The summed E-state index contributed by atoms with van der Waals surface area (Å²) in [6, 6.07) is 0. The first-order valence-corrected chi connectivity index (χ1v) is 4.65. The van der Waals surface area contributed by atoms with Crippen LogP contribution in [-0.2, 0) is 4.79 Å². The van der Waals surface area contributed by atoms with Crippen molar-refractivity contribution in [2.24, 2.45) is 17.3 Å². The average molecular weight is 152 g/mol. The zero-order valence-corrected chi connectivity index (χ0v) is 7.39. The van der Waals surface area contributed by atoms with E-state index < -0.39 is 0 Å². The first kappa shape index (κ1) is 7.33. The molecule has 3 rings (SSSR count). The summed E-state index contributed by atoms with van der Waals surface area (Å²) >= 11 is 0. The van der Waals surface area contributed by atoms with Crippen molar-refractivity contribution in [2.75, 3.05) is 0 Å². The van der Waals surface area contributed by atoms with Crippen LogP contribution in [-0.4, -0.2) is 5.78 Å². The van der Waals surface area contributed by atoms with Crippen molar-refractivity contribution in [3.8, 4) is 0 Å². The number of hydrogen-bond donors (Lipinski definition) is 0. The van der Waals surface area contributed by atoms with E-state index in [2.05, 4.69) is 13.8 Å². The van der Waals surface area contributed by atoms with Crippen LogP contribution in [0.4, 0.5) is 0 Å². The van der Waals surface area contributed by atoms with Gasteiger partial charge in [-0.2, -0.15) is 0 Å². The Morgan fingerprint density at radius 2 is 2.18 bits per heavy atom. The van der Waals surface area contributed by atoms with Gasteiger partial charge in [0.05, 0.1) is 0 Å². The average Bonchev–Trinajstić information content (AvgIpc) is 2.17. The lowest BCUT2D eigenvalue weighted by molar-refractivity contribution is -0.135. The molecular weight excluding hydrogens is 136 g/mol. The van der Waals surface area contributed by atoms with Crippen LogP contribution in [0.1, 0.15) is 39.5 Å². The molecule has 62 valence electrons. The number of carbonyl (C=O) groups is 1. The van der Waals surface area contributed by atoms with Crippen LogP contribution in [0.2, 0.25) is 0 Å². The largest absolute Gasteiger partial charge is 0.299 e. The summed E-state index contributed by atoms with van der Waals surface area (Å²) in [7, 11) is 0. The Hall–Kier alpha value is -0.330. The predicted octanol–water partition coefficient (Wildman–Crippen LogP) is 2.40. The minimum atomic E-state index is 0.341. The molecule has 0 aromatic heterocycles. The van der Waals surface area contributed by atoms with Crippen molar-refractivity contribution in [1.82, 2.24) is 0 Å². The Labute approximate surface area is 68.2 Å². The molecule has 0 heterocycles. The van der Waals surface area contributed by atoms with E-state index in [1.807, 2.05) is 0 Å². The van der Waals surface area contributed by atoms with Crippen molar-refractivity contribution in [3.63, 3.8) is 0 Å². The molecule has 3 fully saturated rings. The molecule has 0 saturated heterocycles. The van der Waals surface area contributed by atoms with Gasteiger partial charge in [0.2, 0.25) is 0 Å². The maximum absolute atomic E-state index is 11.5. The smallest absolute Gasteiger partial charge is 0.136 e. The van der Waals surface area contributed by atoms with E-state index in [0.717, 1.165) is 18.8 Å². The highest BCUT2D eigenvalue weighted by atomic mass is 16.1. The maximum Gasteiger partial charge on any atom is 0.136 e. The lowest BCUT2D eigenvalue weighted by Crippen LogP contribution is -2.46. The zero-order chi connectivity index (χ0) is 8.06. The molecule has 3 aliphatic rings. The van der Waals surface area contributed by atoms with Crippen LogP contribution in [0.3, 0.4) is 0 Å². The molecule has 2 bridgehead atoms. The highest BCUT2D eigenvalue weighted by Gasteiger charge is 2.51. The summed E-state index contributed by atoms with van der Waals surface area (Å²) in [5, 5.41) is 0. The number of carbonyl (C=O) groups excluding carboxylic acids is 1. The molecule has 0 aromatic rings. The quantitative estimate of drug-likeness (QED) is 0.521. The van der Waals surface area contributed by atoms with E-state index >= 15 is 0 Å². The Balaban J connectivity index is 2.22. The fraction of sp³-hybridized carbons (Fsp3) is 0.900. The maximum atomic E-state index is 11.5. The van der Waals surface area contributed by atoms with E-state index in [0.29, 0.717) is 17.1 Å². The molecule has 0 aliphatic heterocycles. The zero-order valence-electron chi connectivity index (χ0n) is 7.39. The molecule has 1 nitrogen and oxygen atoms in total. The summed E-state index contributed by atoms with van der Waals surface area (Å²) in [5.74, 6) is 1.79. The number of fused-ring (bicyclic) bond motifs is 3. The lowest BCUT2D eigenvalue weighted by atomic mass is 9.54. The van der Waals surface area contributed by atoms with Crippen molar-refractivity contribution < 1.29 is 4.79 Å². The highest BCUT2D eigenvalue weighted by molar-refractivity contribution is 5.83. The molecule has 0 unspecified atom stereocenters. The molecule has 2 atom stereocenters. The van der Waals surface area contributed by atoms with Gasteiger partial charge < -0.3 is 0 Å². The van der Waals surface area contributed by atoms with Crippen LogP contribution in [0.25, 0.3) is 0 Å². The van der Waals surface area contributed by atoms with Crippen LogP contribution < -0.4 is 0 Å². The minimum Gasteiger partial charge on any atom is -0.299 e. The monoisotopic (exact) mass is 152 g/mol. The second-order valence-corrected chi connectivity index (χ2v) is 4.67. The topological polar surface area (TPSA) is 17.1 Å². The Bertz CT molecular complexity index is 193. The third-order valence-electron chi connectivity index (χ3n) is 3.83. The summed E-state index contributed by atoms with van der Waals surface area (Å²) in [4.78, 5) is 11.5. The number of Topliss-reactive ketones (excluding diaryl/α,β-unsaturated/α-hetero) is 1.